The van der Waals surface area contributed by atoms with Crippen LogP contribution >= 0.6 is 0 Å². The van der Waals surface area contributed by atoms with Gasteiger partial charge in [0, 0.05) is 29.6 Å². The van der Waals surface area contributed by atoms with Crippen molar-refractivity contribution in [2.45, 2.75) is 47.7 Å². The van der Waals surface area contributed by atoms with E-state index in [4.69, 9.17) is 4.74 Å². The van der Waals surface area contributed by atoms with Gasteiger partial charge in [-0.2, -0.15) is 0 Å². The summed E-state index contributed by atoms with van der Waals surface area (Å²) in [6, 6.07) is 14.1. The van der Waals surface area contributed by atoms with Crippen LogP contribution in [0.25, 0.3) is 0 Å². The Labute approximate surface area is 179 Å². The fraction of sp³-hybridized carbons (Fsp3) is 0.440. The van der Waals surface area contributed by atoms with E-state index in [9.17, 15) is 9.59 Å². The highest BCUT2D eigenvalue weighted by Gasteiger charge is 2.23. The second-order valence-electron chi connectivity index (χ2n) is 8.62. The topological polar surface area (TPSA) is 49.9 Å². The Kier molecular flexibility index (Phi) is 6.80. The zero-order valence-electron chi connectivity index (χ0n) is 18.6. The molecule has 1 aliphatic rings. The monoisotopic (exact) mass is 408 g/mol. The van der Waals surface area contributed by atoms with Crippen molar-refractivity contribution in [2.75, 3.05) is 18.1 Å². The number of aryl methyl sites for hydroxylation is 1. The highest BCUT2D eigenvalue weighted by molar-refractivity contribution is 5.94. The van der Waals surface area contributed by atoms with E-state index < -0.39 is 0 Å². The third-order valence-corrected chi connectivity index (χ3v) is 5.36. The molecule has 0 spiro atoms. The Balaban J connectivity index is 1.88. The molecule has 3 rings (SSSR count). The number of benzene rings is 2. The summed E-state index contributed by atoms with van der Waals surface area (Å²) in [5.74, 6) is 0.884. The number of hydrogen-bond acceptors (Lipinski definition) is 3. The molecule has 0 saturated heterocycles. The summed E-state index contributed by atoms with van der Waals surface area (Å²) >= 11 is 0. The van der Waals surface area contributed by atoms with Gasteiger partial charge in [0.2, 0.25) is 11.8 Å². The van der Waals surface area contributed by atoms with Crippen LogP contribution in [-0.2, 0) is 22.7 Å². The van der Waals surface area contributed by atoms with E-state index in [-0.39, 0.29) is 23.7 Å². The van der Waals surface area contributed by atoms with Crippen LogP contribution < -0.4 is 9.64 Å². The fourth-order valence-electron chi connectivity index (χ4n) is 3.61. The molecule has 2 aromatic carbocycles. The van der Waals surface area contributed by atoms with E-state index in [2.05, 4.69) is 6.07 Å². The molecule has 5 heteroatoms. The average Bonchev–Trinajstić information content (AvgIpc) is 2.93. The molecule has 0 radical (unpaired) electrons. The highest BCUT2D eigenvalue weighted by atomic mass is 16.5. The van der Waals surface area contributed by atoms with Crippen LogP contribution in [0.3, 0.4) is 0 Å². The van der Waals surface area contributed by atoms with Crippen molar-refractivity contribution in [1.29, 1.82) is 0 Å². The van der Waals surface area contributed by atoms with Crippen molar-refractivity contribution in [3.63, 3.8) is 0 Å². The van der Waals surface area contributed by atoms with Crippen molar-refractivity contribution in [3.05, 3.63) is 59.2 Å². The minimum atomic E-state index is -0.102. The number of anilines is 1. The van der Waals surface area contributed by atoms with E-state index in [0.717, 1.165) is 28.1 Å². The van der Waals surface area contributed by atoms with Crippen molar-refractivity contribution in [1.82, 2.24) is 4.90 Å². The Bertz CT molecular complexity index is 903. The largest absolute Gasteiger partial charge is 0.491 e. The van der Waals surface area contributed by atoms with Crippen LogP contribution in [0, 0.1) is 18.8 Å². The number of amides is 2. The Morgan fingerprint density at radius 2 is 1.73 bits per heavy atom. The number of carbonyl (C=O) groups is 2. The first-order chi connectivity index (χ1) is 14.3. The summed E-state index contributed by atoms with van der Waals surface area (Å²) in [6.07, 6.45) is 0. The summed E-state index contributed by atoms with van der Waals surface area (Å²) in [4.78, 5) is 29.2. The van der Waals surface area contributed by atoms with Crippen molar-refractivity contribution in [2.24, 2.45) is 11.8 Å². The van der Waals surface area contributed by atoms with Crippen molar-refractivity contribution >= 4 is 17.5 Å². The molecular weight excluding hydrogens is 376 g/mol. The summed E-state index contributed by atoms with van der Waals surface area (Å²) in [5.41, 5.74) is 4.06. The molecule has 5 nitrogen and oxygen atoms in total. The predicted molar refractivity (Wildman–Crippen MR) is 119 cm³/mol. The van der Waals surface area contributed by atoms with E-state index in [1.54, 1.807) is 0 Å². The number of ether oxygens (including phenoxy) is 1. The fourth-order valence-corrected chi connectivity index (χ4v) is 3.61. The van der Waals surface area contributed by atoms with Gasteiger partial charge in [-0.3, -0.25) is 9.59 Å². The molecule has 0 N–H and O–H groups in total. The Morgan fingerprint density at radius 1 is 1.03 bits per heavy atom. The molecular formula is C25H32N2O3. The van der Waals surface area contributed by atoms with Gasteiger partial charge in [0.05, 0.1) is 13.1 Å². The minimum absolute atomic E-state index is 0.0459. The van der Waals surface area contributed by atoms with Crippen LogP contribution in [0.5, 0.6) is 5.75 Å². The maximum Gasteiger partial charge on any atom is 0.229 e. The van der Waals surface area contributed by atoms with Gasteiger partial charge in [0.15, 0.2) is 0 Å². The van der Waals surface area contributed by atoms with Gasteiger partial charge in [-0.25, -0.2) is 0 Å². The van der Waals surface area contributed by atoms with Gasteiger partial charge in [0.1, 0.15) is 12.4 Å². The zero-order valence-corrected chi connectivity index (χ0v) is 18.6. The van der Waals surface area contributed by atoms with E-state index in [1.807, 2.05) is 80.8 Å². The third kappa shape index (κ3) is 5.02. The highest BCUT2D eigenvalue weighted by Crippen LogP contribution is 2.27. The predicted octanol–water partition coefficient (Wildman–Crippen LogP) is 4.56. The maximum atomic E-state index is 12.9. The smallest absolute Gasteiger partial charge is 0.229 e. The lowest BCUT2D eigenvalue weighted by molar-refractivity contribution is -0.135. The van der Waals surface area contributed by atoms with Gasteiger partial charge in [-0.1, -0.05) is 51.5 Å². The van der Waals surface area contributed by atoms with Gasteiger partial charge < -0.3 is 14.5 Å². The second kappa shape index (κ2) is 9.33. The molecule has 0 aromatic heterocycles. The molecule has 30 heavy (non-hydrogen) atoms. The number of rotatable bonds is 5. The number of nitrogens with zero attached hydrogens (tertiary/aromatic N) is 2. The molecule has 1 aliphatic heterocycles. The van der Waals surface area contributed by atoms with Crippen LogP contribution in [-0.4, -0.2) is 29.9 Å². The first-order valence-electron chi connectivity index (χ1n) is 10.7. The molecule has 0 atom stereocenters. The number of carbonyl (C=O) groups excluding carboxylic acids is 2. The van der Waals surface area contributed by atoms with E-state index in [1.165, 1.54) is 0 Å². The molecule has 0 bridgehead atoms. The molecule has 2 aromatic rings. The van der Waals surface area contributed by atoms with Crippen molar-refractivity contribution < 1.29 is 14.3 Å². The number of hydrogen-bond donors (Lipinski definition) is 0. The summed E-state index contributed by atoms with van der Waals surface area (Å²) in [6.45, 7) is 11.8. The average molecular weight is 409 g/mol. The molecule has 160 valence electrons. The summed E-state index contributed by atoms with van der Waals surface area (Å²) < 4.78 is 5.88. The van der Waals surface area contributed by atoms with Crippen LogP contribution in [0.15, 0.2) is 42.5 Å². The standard InChI is InChI=1S/C25H32N2O3/c1-17(2)24(28)26-12-13-30-23-11-8-20(14-21(23)16-26)15-27(25(29)18(3)4)22-9-6-19(5)7-10-22/h6-11,14,17-18H,12-13,15-16H2,1-5H3. The number of fused-ring (bicyclic) bond motifs is 1. The van der Waals surface area contributed by atoms with E-state index >= 15 is 0 Å². The first kappa shape index (κ1) is 21.9. The summed E-state index contributed by atoms with van der Waals surface area (Å²) in [5, 5.41) is 0. The Morgan fingerprint density at radius 3 is 2.37 bits per heavy atom. The second-order valence-corrected chi connectivity index (χ2v) is 8.62. The molecule has 2 amide bonds. The minimum Gasteiger partial charge on any atom is -0.491 e. The first-order valence-corrected chi connectivity index (χ1v) is 10.7. The normalized spacial score (nSPS) is 13.6. The lowest BCUT2D eigenvalue weighted by atomic mass is 10.1. The molecule has 0 unspecified atom stereocenters. The zero-order chi connectivity index (χ0) is 21.8. The van der Waals surface area contributed by atoms with Crippen LogP contribution in [0.1, 0.15) is 44.4 Å². The Hall–Kier alpha value is -2.82. The third-order valence-electron chi connectivity index (χ3n) is 5.36. The van der Waals surface area contributed by atoms with Crippen LogP contribution in [0.2, 0.25) is 0 Å². The van der Waals surface area contributed by atoms with Gasteiger partial charge in [-0.15, -0.1) is 0 Å². The van der Waals surface area contributed by atoms with Gasteiger partial charge in [0.25, 0.3) is 0 Å². The lowest BCUT2D eigenvalue weighted by Gasteiger charge is -2.26. The maximum absolute atomic E-state index is 12.9. The van der Waals surface area contributed by atoms with E-state index in [0.29, 0.717) is 26.2 Å². The van der Waals surface area contributed by atoms with Crippen LogP contribution in [0.4, 0.5) is 5.69 Å². The molecule has 0 fully saturated rings. The molecule has 0 saturated carbocycles. The molecule has 1 heterocycles. The van der Waals surface area contributed by atoms with Crippen molar-refractivity contribution in [3.8, 4) is 5.75 Å². The van der Waals surface area contributed by atoms with Gasteiger partial charge >= 0.3 is 0 Å². The van der Waals surface area contributed by atoms with Gasteiger partial charge in [-0.05, 0) is 36.8 Å². The summed E-state index contributed by atoms with van der Waals surface area (Å²) in [7, 11) is 0. The molecule has 0 aliphatic carbocycles. The quantitative estimate of drug-likeness (QED) is 0.729. The lowest BCUT2D eigenvalue weighted by Crippen LogP contribution is -2.35. The SMILES string of the molecule is Cc1ccc(N(Cc2ccc3c(c2)CN(C(=O)C(C)C)CCO3)C(=O)C(C)C)cc1.